The van der Waals surface area contributed by atoms with Gasteiger partial charge in [0.2, 0.25) is 0 Å². The minimum absolute atomic E-state index is 0.0480. The number of carbonyl (C=O) groups excluding carboxylic acids is 1. The highest BCUT2D eigenvalue weighted by molar-refractivity contribution is 7.91. The molecule has 8 heteroatoms. The van der Waals surface area contributed by atoms with E-state index in [2.05, 4.69) is 5.16 Å². The molecule has 7 nitrogen and oxygen atoms in total. The lowest BCUT2D eigenvalue weighted by Gasteiger charge is -2.22. The summed E-state index contributed by atoms with van der Waals surface area (Å²) >= 11 is 0. The van der Waals surface area contributed by atoms with Gasteiger partial charge in [0, 0.05) is 17.7 Å². The Morgan fingerprint density at radius 3 is 2.62 bits per heavy atom. The van der Waals surface area contributed by atoms with Crippen LogP contribution in [0.4, 0.5) is 0 Å². The number of rotatable bonds is 4. The molecule has 0 saturated heterocycles. The summed E-state index contributed by atoms with van der Waals surface area (Å²) in [7, 11) is -3.71. The molecule has 0 N–H and O–H groups in total. The molecule has 0 unspecified atom stereocenters. The first-order valence-electron chi connectivity index (χ1n) is 7.58. The highest BCUT2D eigenvalue weighted by Crippen LogP contribution is 2.43. The molecule has 1 aliphatic carbocycles. The number of aromatic nitrogens is 1. The minimum Gasteiger partial charge on any atom is -0.486 e. The number of ketones is 1. The molecule has 1 saturated carbocycles. The first-order valence-corrected chi connectivity index (χ1v) is 9.48. The van der Waals surface area contributed by atoms with Gasteiger partial charge in [0.1, 0.15) is 18.1 Å². The van der Waals surface area contributed by atoms with E-state index in [0.29, 0.717) is 23.7 Å². The maximum atomic E-state index is 13.0. The van der Waals surface area contributed by atoms with Crippen LogP contribution >= 0.6 is 0 Å². The van der Waals surface area contributed by atoms with Crippen LogP contribution in [0.1, 0.15) is 40.4 Å². The number of carbonyl (C=O) groups is 1. The number of nitrogens with zero attached hydrogens (tertiary/aromatic N) is 1. The lowest BCUT2D eigenvalue weighted by atomic mass is 10.0. The number of ether oxygens (including phenoxy) is 2. The Balaban J connectivity index is 1.88. The first kappa shape index (κ1) is 15.2. The van der Waals surface area contributed by atoms with Gasteiger partial charge in [-0.05, 0) is 25.0 Å². The third kappa shape index (κ3) is 2.47. The summed E-state index contributed by atoms with van der Waals surface area (Å²) in [6.45, 7) is 0.564. The molecular formula is C16H15NO6S. The van der Waals surface area contributed by atoms with Gasteiger partial charge in [-0.15, -0.1) is 0 Å². The van der Waals surface area contributed by atoms with E-state index in [1.54, 1.807) is 6.07 Å². The van der Waals surface area contributed by atoms with E-state index in [4.69, 9.17) is 14.0 Å². The van der Waals surface area contributed by atoms with Crippen LogP contribution in [0.2, 0.25) is 0 Å². The molecule has 0 atom stereocenters. The first-order chi connectivity index (χ1) is 11.5. The number of sulfone groups is 1. The van der Waals surface area contributed by atoms with Gasteiger partial charge < -0.3 is 14.0 Å². The van der Waals surface area contributed by atoms with Gasteiger partial charge in [0.15, 0.2) is 32.9 Å². The Hall–Kier alpha value is -2.35. The Bertz CT molecular complexity index is 926. The summed E-state index contributed by atoms with van der Waals surface area (Å²) < 4.78 is 40.7. The fraction of sp³-hybridized carbons (Fsp3) is 0.375. The van der Waals surface area contributed by atoms with E-state index in [1.165, 1.54) is 12.3 Å². The lowest BCUT2D eigenvalue weighted by Crippen LogP contribution is -2.20. The molecule has 4 rings (SSSR count). The zero-order valence-corrected chi connectivity index (χ0v) is 13.8. The van der Waals surface area contributed by atoms with Gasteiger partial charge in [0.05, 0.1) is 11.8 Å². The second kappa shape index (κ2) is 5.34. The molecule has 2 aromatic rings. The second-order valence-electron chi connectivity index (χ2n) is 5.95. The zero-order valence-electron chi connectivity index (χ0n) is 12.9. The number of hydrogen-bond donors (Lipinski definition) is 0. The van der Waals surface area contributed by atoms with Gasteiger partial charge >= 0.3 is 0 Å². The molecule has 1 aliphatic heterocycles. The Labute approximate surface area is 138 Å². The lowest BCUT2D eigenvalue weighted by molar-refractivity contribution is 0.103. The molecule has 0 spiro atoms. The quantitative estimate of drug-likeness (QED) is 0.779. The smallest absolute Gasteiger partial charge is 0.199 e. The molecule has 2 aliphatic rings. The molecule has 0 bridgehead atoms. The summed E-state index contributed by atoms with van der Waals surface area (Å²) in [5, 5.41) is 3.71. The molecule has 1 aromatic carbocycles. The van der Waals surface area contributed by atoms with E-state index in [1.807, 2.05) is 0 Å². The van der Waals surface area contributed by atoms with Crippen LogP contribution in [-0.2, 0) is 9.84 Å². The Kier molecular flexibility index (Phi) is 3.38. The summed E-state index contributed by atoms with van der Waals surface area (Å²) in [4.78, 5) is 12.8. The fourth-order valence-corrected chi connectivity index (χ4v) is 3.90. The van der Waals surface area contributed by atoms with Crippen molar-refractivity contribution in [1.29, 1.82) is 0 Å². The van der Waals surface area contributed by atoms with Crippen LogP contribution in [0.15, 0.2) is 27.7 Å². The van der Waals surface area contributed by atoms with E-state index >= 15 is 0 Å². The molecule has 0 amide bonds. The van der Waals surface area contributed by atoms with Crippen molar-refractivity contribution in [2.45, 2.75) is 23.7 Å². The van der Waals surface area contributed by atoms with Crippen LogP contribution in [0, 0.1) is 0 Å². The van der Waals surface area contributed by atoms with Gasteiger partial charge in [-0.3, -0.25) is 4.79 Å². The van der Waals surface area contributed by atoms with Crippen LogP contribution < -0.4 is 9.47 Å². The van der Waals surface area contributed by atoms with Gasteiger partial charge in [0.25, 0.3) is 0 Å². The molecule has 126 valence electrons. The van der Waals surface area contributed by atoms with Crippen molar-refractivity contribution >= 4 is 15.6 Å². The molecule has 0 radical (unpaired) electrons. The molecule has 1 fully saturated rings. The largest absolute Gasteiger partial charge is 0.486 e. The van der Waals surface area contributed by atoms with Crippen LogP contribution in [-0.4, -0.2) is 38.8 Å². The molecule has 2 heterocycles. The average Bonchev–Trinajstić information content (AvgIpc) is 3.29. The van der Waals surface area contributed by atoms with Crippen molar-refractivity contribution in [2.24, 2.45) is 0 Å². The fourth-order valence-electron chi connectivity index (χ4n) is 2.84. The van der Waals surface area contributed by atoms with Crippen LogP contribution in [0.25, 0.3) is 0 Å². The third-order valence-electron chi connectivity index (χ3n) is 4.07. The van der Waals surface area contributed by atoms with Crippen molar-refractivity contribution < 1.29 is 27.2 Å². The predicted molar refractivity (Wildman–Crippen MR) is 82.5 cm³/mol. The Morgan fingerprint density at radius 1 is 1.17 bits per heavy atom. The summed E-state index contributed by atoms with van der Waals surface area (Å²) in [6, 6.07) is 3.01. The van der Waals surface area contributed by atoms with E-state index < -0.39 is 15.6 Å². The van der Waals surface area contributed by atoms with Crippen molar-refractivity contribution in [2.75, 3.05) is 19.5 Å². The standard InChI is InChI=1S/C16H15NO6S/c1-24(19,20)16-10(4-5-12-15(16)22-7-6-21-12)13(18)11-8-17-23-14(11)9-2-3-9/h4-5,8-9H,2-3,6-7H2,1H3. The monoisotopic (exact) mass is 349 g/mol. The van der Waals surface area contributed by atoms with Crippen LogP contribution in [0.3, 0.4) is 0 Å². The number of fused-ring (bicyclic) bond motifs is 1. The molecule has 24 heavy (non-hydrogen) atoms. The summed E-state index contributed by atoms with van der Waals surface area (Å²) in [5.41, 5.74) is 0.353. The maximum absolute atomic E-state index is 13.0. The van der Waals surface area contributed by atoms with E-state index in [9.17, 15) is 13.2 Å². The summed E-state index contributed by atoms with van der Waals surface area (Å²) in [5.74, 6) is 0.695. The highest BCUT2D eigenvalue weighted by atomic mass is 32.2. The van der Waals surface area contributed by atoms with Gasteiger partial charge in [-0.1, -0.05) is 5.16 Å². The van der Waals surface area contributed by atoms with Crippen LogP contribution in [0.5, 0.6) is 11.5 Å². The Morgan fingerprint density at radius 2 is 1.92 bits per heavy atom. The third-order valence-corrected chi connectivity index (χ3v) is 5.22. The average molecular weight is 349 g/mol. The van der Waals surface area contributed by atoms with Crippen molar-refractivity contribution in [3.05, 3.63) is 35.2 Å². The van der Waals surface area contributed by atoms with E-state index in [0.717, 1.165) is 19.1 Å². The highest BCUT2D eigenvalue weighted by Gasteiger charge is 2.35. The topological polar surface area (TPSA) is 95.7 Å². The molecule has 1 aromatic heterocycles. The minimum atomic E-state index is -3.71. The normalized spacial score (nSPS) is 16.9. The number of hydrogen-bond acceptors (Lipinski definition) is 7. The molecular weight excluding hydrogens is 334 g/mol. The zero-order chi connectivity index (χ0) is 16.9. The van der Waals surface area contributed by atoms with E-state index in [-0.39, 0.29) is 28.7 Å². The maximum Gasteiger partial charge on any atom is 0.199 e. The van der Waals surface area contributed by atoms with Crippen molar-refractivity contribution in [1.82, 2.24) is 5.16 Å². The number of benzene rings is 1. The van der Waals surface area contributed by atoms with Crippen molar-refractivity contribution in [3.8, 4) is 11.5 Å². The SMILES string of the molecule is CS(=O)(=O)c1c(C(=O)c2cnoc2C2CC2)ccc2c1OCCO2. The van der Waals surface area contributed by atoms with Gasteiger partial charge in [-0.2, -0.15) is 0 Å². The predicted octanol–water partition coefficient (Wildman–Crippen LogP) is 1.96. The van der Waals surface area contributed by atoms with Gasteiger partial charge in [-0.25, -0.2) is 8.42 Å². The second-order valence-corrected chi connectivity index (χ2v) is 7.90. The summed E-state index contributed by atoms with van der Waals surface area (Å²) in [6.07, 6.45) is 4.27. The van der Waals surface area contributed by atoms with Crippen molar-refractivity contribution in [3.63, 3.8) is 0 Å².